The quantitative estimate of drug-likeness (QED) is 0.445. The van der Waals surface area contributed by atoms with Gasteiger partial charge in [-0.15, -0.1) is 0 Å². The third-order valence-electron chi connectivity index (χ3n) is 0. The van der Waals surface area contributed by atoms with Crippen LogP contribution in [-0.4, -0.2) is 16.4 Å². The van der Waals surface area contributed by atoms with Crippen molar-refractivity contribution < 1.29 is 31.7 Å². The van der Waals surface area contributed by atoms with Crippen LogP contribution >= 0.6 is 0 Å². The molecule has 2 nitrogen and oxygen atoms in total. The van der Waals surface area contributed by atoms with Gasteiger partial charge in [-0.1, -0.05) is 0 Å². The smallest absolute Gasteiger partial charge is 0 e. The molecule has 0 aliphatic carbocycles. The van der Waals surface area contributed by atoms with Crippen molar-refractivity contribution in [3.8, 4) is 0 Å². The van der Waals surface area contributed by atoms with Crippen LogP contribution < -0.4 is 6.15 Å². The second-order valence-electron chi connectivity index (χ2n) is 0. The molecular weight excluding hydrogens is 149 g/mol. The van der Waals surface area contributed by atoms with Crippen molar-refractivity contribution in [2.75, 3.05) is 0 Å². The van der Waals surface area contributed by atoms with E-state index in [0.29, 0.717) is 0 Å². The molecule has 24 valence electrons. The zero-order valence-corrected chi connectivity index (χ0v) is 5.67. The van der Waals surface area contributed by atoms with Gasteiger partial charge >= 0.3 is 0 Å². The van der Waals surface area contributed by atoms with Crippen molar-refractivity contribution in [2.24, 2.45) is 0 Å². The molecule has 0 unspecified atom stereocenters. The maximum atomic E-state index is 0. The average Bonchev–Trinajstić information content (AvgIpc) is 0. The molecule has 0 aromatic carbocycles. The van der Waals surface area contributed by atoms with Crippen LogP contribution in [0.2, 0.25) is 0 Å². The zero-order valence-electron chi connectivity index (χ0n) is 2.21. The van der Waals surface area contributed by atoms with Crippen LogP contribution in [-0.2, 0) is 26.2 Å². The van der Waals surface area contributed by atoms with E-state index in [9.17, 15) is 0 Å². The van der Waals surface area contributed by atoms with E-state index in [1.807, 2.05) is 0 Å². The summed E-state index contributed by atoms with van der Waals surface area (Å²) in [6, 6.07) is 0. The molecule has 0 amide bonds. The molecule has 0 heterocycles. The molecular formula is H5NOSiZr. The maximum Gasteiger partial charge on any atom is 0 e. The van der Waals surface area contributed by atoms with Gasteiger partial charge in [0.15, 0.2) is 0 Å². The van der Waals surface area contributed by atoms with Gasteiger partial charge in [-0.2, -0.15) is 0 Å². The van der Waals surface area contributed by atoms with E-state index in [-0.39, 0.29) is 48.8 Å². The Kier molecular flexibility index (Phi) is 687. The average molecular weight is 154 g/mol. The molecule has 0 aliphatic rings. The Morgan fingerprint density at radius 2 is 1.00 bits per heavy atom. The Hall–Kier alpha value is 1.02. The number of hydrogen-bond donors (Lipinski definition) is 1. The molecule has 0 aromatic rings. The Morgan fingerprint density at radius 1 is 1.00 bits per heavy atom. The maximum absolute atomic E-state index is 0. The Bertz CT molecular complexity index is 8.00. The summed E-state index contributed by atoms with van der Waals surface area (Å²) in [4.78, 5) is 0. The van der Waals surface area contributed by atoms with Crippen LogP contribution in [0.5, 0.6) is 0 Å². The summed E-state index contributed by atoms with van der Waals surface area (Å²) in [6.07, 6.45) is 0. The van der Waals surface area contributed by atoms with Crippen LogP contribution in [0.4, 0.5) is 0 Å². The number of hydrogen-bond acceptors (Lipinski definition) is 1. The first kappa shape index (κ1) is 78.0. The predicted molar refractivity (Wildman–Crippen MR) is 14.4 cm³/mol. The fraction of sp³-hybridized carbons (Fsp3) is 0. The standard InChI is InChI=1S/H3N.H2O.Si.Zr/h1H3;1H2;;. The summed E-state index contributed by atoms with van der Waals surface area (Å²) < 4.78 is 0. The fourth-order valence-electron chi connectivity index (χ4n) is 0. The summed E-state index contributed by atoms with van der Waals surface area (Å²) in [5.74, 6) is 0. The predicted octanol–water partition coefficient (Wildman–Crippen LogP) is -1.05. The summed E-state index contributed by atoms with van der Waals surface area (Å²) in [5, 5.41) is 0. The van der Waals surface area contributed by atoms with Crippen LogP contribution in [0.1, 0.15) is 0 Å². The van der Waals surface area contributed by atoms with E-state index in [1.165, 1.54) is 0 Å². The molecule has 0 fully saturated rings. The van der Waals surface area contributed by atoms with Gasteiger partial charge in [0.25, 0.3) is 0 Å². The SMILES string of the molecule is N.O.[Si].[Zr]. The first-order chi connectivity index (χ1) is 0. The van der Waals surface area contributed by atoms with Crippen molar-refractivity contribution in [3.05, 3.63) is 0 Å². The van der Waals surface area contributed by atoms with Crippen LogP contribution in [0.15, 0.2) is 0 Å². The summed E-state index contributed by atoms with van der Waals surface area (Å²) in [7, 11) is 0. The Balaban J connectivity index is 0. The minimum Gasteiger partial charge on any atom is -0.412 e. The van der Waals surface area contributed by atoms with E-state index in [0.717, 1.165) is 0 Å². The molecule has 4 radical (unpaired) electrons. The molecule has 0 saturated heterocycles. The molecule has 0 aliphatic heterocycles. The van der Waals surface area contributed by atoms with Gasteiger partial charge in [0, 0.05) is 37.2 Å². The summed E-state index contributed by atoms with van der Waals surface area (Å²) in [6.45, 7) is 0. The Morgan fingerprint density at radius 3 is 1.00 bits per heavy atom. The van der Waals surface area contributed by atoms with E-state index in [1.54, 1.807) is 0 Å². The van der Waals surface area contributed by atoms with Crippen LogP contribution in [0.25, 0.3) is 0 Å². The van der Waals surface area contributed by atoms with Crippen LogP contribution in [0, 0.1) is 0 Å². The van der Waals surface area contributed by atoms with Crippen molar-refractivity contribution in [3.63, 3.8) is 0 Å². The molecule has 0 bridgehead atoms. The second-order valence-corrected chi connectivity index (χ2v) is 0. The Labute approximate surface area is 49.0 Å². The van der Waals surface area contributed by atoms with Crippen molar-refractivity contribution in [2.45, 2.75) is 0 Å². The number of rotatable bonds is 0. The first-order valence-electron chi connectivity index (χ1n) is 0. The molecule has 5 N–H and O–H groups in total. The summed E-state index contributed by atoms with van der Waals surface area (Å²) in [5.41, 5.74) is 0. The van der Waals surface area contributed by atoms with Gasteiger partial charge in [-0.3, -0.25) is 0 Å². The third kappa shape index (κ3) is 11.8. The largest absolute Gasteiger partial charge is 0.412 e. The van der Waals surface area contributed by atoms with Gasteiger partial charge in [0.2, 0.25) is 0 Å². The van der Waals surface area contributed by atoms with E-state index < -0.39 is 0 Å². The normalized spacial score (nSPS) is 0. The minimum atomic E-state index is 0. The molecule has 0 spiro atoms. The first-order valence-corrected chi connectivity index (χ1v) is 0. The van der Waals surface area contributed by atoms with Crippen molar-refractivity contribution in [1.29, 1.82) is 0 Å². The van der Waals surface area contributed by atoms with E-state index in [2.05, 4.69) is 0 Å². The summed E-state index contributed by atoms with van der Waals surface area (Å²) >= 11 is 0. The van der Waals surface area contributed by atoms with Crippen LogP contribution in [0.3, 0.4) is 0 Å². The van der Waals surface area contributed by atoms with Gasteiger partial charge in [-0.25, -0.2) is 0 Å². The second kappa shape index (κ2) is 35.2. The topological polar surface area (TPSA) is 66.5 Å². The zero-order chi connectivity index (χ0) is 0. The van der Waals surface area contributed by atoms with E-state index in [4.69, 9.17) is 0 Å². The van der Waals surface area contributed by atoms with E-state index >= 15 is 0 Å². The van der Waals surface area contributed by atoms with Gasteiger partial charge in [0.1, 0.15) is 0 Å². The molecule has 0 rings (SSSR count). The van der Waals surface area contributed by atoms with Crippen molar-refractivity contribution in [1.82, 2.24) is 6.15 Å². The van der Waals surface area contributed by atoms with Crippen molar-refractivity contribution >= 4 is 11.0 Å². The van der Waals surface area contributed by atoms with Gasteiger partial charge in [0.05, 0.1) is 0 Å². The molecule has 0 saturated carbocycles. The monoisotopic (exact) mass is 153 g/mol. The fourth-order valence-corrected chi connectivity index (χ4v) is 0. The third-order valence-corrected chi connectivity index (χ3v) is 0. The van der Waals surface area contributed by atoms with Gasteiger partial charge < -0.3 is 11.6 Å². The van der Waals surface area contributed by atoms with Gasteiger partial charge in [-0.05, 0) is 0 Å². The molecule has 4 heteroatoms. The molecule has 0 atom stereocenters. The molecule has 0 aromatic heterocycles. The molecule has 4 heavy (non-hydrogen) atoms. The minimum absolute atomic E-state index is 0.